The van der Waals surface area contributed by atoms with Crippen LogP contribution in [0.4, 0.5) is 5.69 Å². The number of carbonyl (C=O) groups is 1. The second kappa shape index (κ2) is 7.60. The van der Waals surface area contributed by atoms with Gasteiger partial charge in [0.2, 0.25) is 0 Å². The molecule has 6 heteroatoms. The molecule has 0 aliphatic heterocycles. The molecule has 1 amide bonds. The lowest BCUT2D eigenvalue weighted by Crippen LogP contribution is -2.26. The summed E-state index contributed by atoms with van der Waals surface area (Å²) in [5, 5.41) is 19.2. The molecule has 2 N–H and O–H groups in total. The number of H-pyrrole nitrogens is 1. The molecular weight excluding hydrogens is 386 g/mol. The SMILES string of the molecule is Cc1cccc(Cc2n[nH]c3cc(O)c(C(=O)N(C)c4ccc(Cl)cc4)cc23)c1. The standard InChI is InChI=1S/C23H20ClN3O2/c1-14-4-3-5-15(10-14)11-20-18-12-19(22(28)13-21(18)26-25-20)23(29)27(2)17-8-6-16(24)7-9-17/h3-10,12-13,28H,11H2,1-2H3,(H,25,26). The average Bonchev–Trinajstić information content (AvgIpc) is 3.08. The van der Waals surface area contributed by atoms with E-state index >= 15 is 0 Å². The molecule has 4 aromatic rings. The van der Waals surface area contributed by atoms with E-state index in [0.717, 1.165) is 16.6 Å². The molecule has 0 spiro atoms. The number of aryl methyl sites for hydroxylation is 1. The molecule has 29 heavy (non-hydrogen) atoms. The number of fused-ring (bicyclic) bond motifs is 1. The number of aromatic nitrogens is 2. The summed E-state index contributed by atoms with van der Waals surface area (Å²) in [7, 11) is 1.66. The van der Waals surface area contributed by atoms with Crippen molar-refractivity contribution >= 4 is 34.1 Å². The summed E-state index contributed by atoms with van der Waals surface area (Å²) in [6.45, 7) is 2.05. The first kappa shape index (κ1) is 19.0. The first-order valence-electron chi connectivity index (χ1n) is 9.21. The van der Waals surface area contributed by atoms with Gasteiger partial charge in [-0.05, 0) is 42.8 Å². The zero-order valence-electron chi connectivity index (χ0n) is 16.1. The number of halogens is 1. The lowest BCUT2D eigenvalue weighted by atomic mass is 10.0. The van der Waals surface area contributed by atoms with Crippen LogP contribution in [-0.2, 0) is 6.42 Å². The Morgan fingerprint density at radius 2 is 1.90 bits per heavy atom. The van der Waals surface area contributed by atoms with Gasteiger partial charge in [0.15, 0.2) is 0 Å². The van der Waals surface area contributed by atoms with Crippen LogP contribution >= 0.6 is 11.6 Å². The minimum atomic E-state index is -0.311. The van der Waals surface area contributed by atoms with E-state index in [4.69, 9.17) is 11.6 Å². The Kier molecular flexibility index (Phi) is 4.99. The lowest BCUT2D eigenvalue weighted by Gasteiger charge is -2.18. The van der Waals surface area contributed by atoms with Crippen molar-refractivity contribution in [2.75, 3.05) is 11.9 Å². The fourth-order valence-electron chi connectivity index (χ4n) is 3.39. The van der Waals surface area contributed by atoms with Crippen LogP contribution in [0.25, 0.3) is 10.9 Å². The highest BCUT2D eigenvalue weighted by molar-refractivity contribution is 6.30. The monoisotopic (exact) mass is 405 g/mol. The Hall–Kier alpha value is -3.31. The van der Waals surface area contributed by atoms with E-state index in [-0.39, 0.29) is 17.2 Å². The number of benzene rings is 3. The number of phenolic OH excluding ortho intramolecular Hbond substituents is 1. The van der Waals surface area contributed by atoms with Crippen LogP contribution in [-0.4, -0.2) is 28.3 Å². The van der Waals surface area contributed by atoms with Crippen molar-refractivity contribution in [1.29, 1.82) is 0 Å². The number of rotatable bonds is 4. The van der Waals surface area contributed by atoms with Gasteiger partial charge in [0, 0.05) is 35.6 Å². The fourth-order valence-corrected chi connectivity index (χ4v) is 3.52. The summed E-state index contributed by atoms with van der Waals surface area (Å²) in [6, 6.07) is 18.4. The largest absolute Gasteiger partial charge is 0.507 e. The topological polar surface area (TPSA) is 69.2 Å². The highest BCUT2D eigenvalue weighted by Gasteiger charge is 2.20. The van der Waals surface area contributed by atoms with Crippen molar-refractivity contribution in [1.82, 2.24) is 10.2 Å². The van der Waals surface area contributed by atoms with E-state index in [1.165, 1.54) is 10.5 Å². The minimum Gasteiger partial charge on any atom is -0.507 e. The van der Waals surface area contributed by atoms with Crippen LogP contribution in [0.15, 0.2) is 60.7 Å². The van der Waals surface area contributed by atoms with Crippen LogP contribution < -0.4 is 4.90 Å². The van der Waals surface area contributed by atoms with Crippen LogP contribution in [0.2, 0.25) is 5.02 Å². The molecule has 0 radical (unpaired) electrons. The van der Waals surface area contributed by atoms with Crippen LogP contribution in [0, 0.1) is 6.92 Å². The van der Waals surface area contributed by atoms with Gasteiger partial charge in [-0.15, -0.1) is 0 Å². The lowest BCUT2D eigenvalue weighted by molar-refractivity contribution is 0.0990. The van der Waals surface area contributed by atoms with Gasteiger partial charge in [-0.1, -0.05) is 41.4 Å². The van der Waals surface area contributed by atoms with Crippen molar-refractivity contribution in [3.05, 3.63) is 88.1 Å². The van der Waals surface area contributed by atoms with Gasteiger partial charge >= 0.3 is 0 Å². The quantitative estimate of drug-likeness (QED) is 0.496. The fraction of sp³-hybridized carbons (Fsp3) is 0.130. The van der Waals surface area contributed by atoms with E-state index in [2.05, 4.69) is 16.3 Å². The van der Waals surface area contributed by atoms with Gasteiger partial charge in [-0.3, -0.25) is 9.89 Å². The number of nitrogens with one attached hydrogen (secondary N) is 1. The van der Waals surface area contributed by atoms with E-state index in [1.54, 1.807) is 43.4 Å². The van der Waals surface area contributed by atoms with Gasteiger partial charge in [-0.25, -0.2) is 0 Å². The molecule has 0 fully saturated rings. The maximum atomic E-state index is 13.0. The summed E-state index contributed by atoms with van der Waals surface area (Å²) in [5.41, 5.74) is 4.75. The molecule has 0 unspecified atom stereocenters. The second-order valence-electron chi connectivity index (χ2n) is 7.09. The summed E-state index contributed by atoms with van der Waals surface area (Å²) in [4.78, 5) is 14.5. The molecule has 0 aliphatic rings. The first-order chi connectivity index (χ1) is 13.9. The number of phenols is 1. The van der Waals surface area contributed by atoms with E-state index in [9.17, 15) is 9.90 Å². The second-order valence-corrected chi connectivity index (χ2v) is 7.53. The molecule has 5 nitrogen and oxygen atoms in total. The third-order valence-electron chi connectivity index (χ3n) is 4.96. The third-order valence-corrected chi connectivity index (χ3v) is 5.21. The summed E-state index contributed by atoms with van der Waals surface area (Å²) in [6.07, 6.45) is 0.632. The van der Waals surface area contributed by atoms with Crippen LogP contribution in [0.1, 0.15) is 27.2 Å². The number of anilines is 1. The van der Waals surface area contributed by atoms with Gasteiger partial charge in [0.25, 0.3) is 5.91 Å². The highest BCUT2D eigenvalue weighted by Crippen LogP contribution is 2.29. The number of nitrogens with zero attached hydrogens (tertiary/aromatic N) is 2. The smallest absolute Gasteiger partial charge is 0.261 e. The van der Waals surface area contributed by atoms with E-state index in [1.807, 2.05) is 25.1 Å². The van der Waals surface area contributed by atoms with Gasteiger partial charge in [-0.2, -0.15) is 5.10 Å². The van der Waals surface area contributed by atoms with E-state index < -0.39 is 0 Å². The molecule has 146 valence electrons. The molecule has 1 heterocycles. The molecule has 1 aromatic heterocycles. The molecule has 0 atom stereocenters. The summed E-state index contributed by atoms with van der Waals surface area (Å²) >= 11 is 5.93. The Balaban J connectivity index is 1.70. The maximum absolute atomic E-state index is 13.0. The Morgan fingerprint density at radius 3 is 2.62 bits per heavy atom. The van der Waals surface area contributed by atoms with Gasteiger partial charge in [0.05, 0.1) is 16.8 Å². The normalized spacial score (nSPS) is 11.0. The number of aromatic hydroxyl groups is 1. The zero-order valence-corrected chi connectivity index (χ0v) is 16.9. The van der Waals surface area contributed by atoms with E-state index in [0.29, 0.717) is 22.6 Å². The summed E-state index contributed by atoms with van der Waals surface area (Å²) in [5.74, 6) is -0.400. The molecule has 0 saturated heterocycles. The maximum Gasteiger partial charge on any atom is 0.261 e. The van der Waals surface area contributed by atoms with Crippen molar-refractivity contribution in [3.63, 3.8) is 0 Å². The van der Waals surface area contributed by atoms with Crippen molar-refractivity contribution < 1.29 is 9.90 Å². The molecule has 0 bridgehead atoms. The molecule has 0 aliphatic carbocycles. The van der Waals surface area contributed by atoms with Crippen molar-refractivity contribution in [2.45, 2.75) is 13.3 Å². The molecule has 4 rings (SSSR count). The number of carbonyl (C=O) groups excluding carboxylic acids is 1. The zero-order chi connectivity index (χ0) is 20.5. The van der Waals surface area contributed by atoms with Gasteiger partial charge in [0.1, 0.15) is 5.75 Å². The predicted molar refractivity (Wildman–Crippen MR) is 116 cm³/mol. The predicted octanol–water partition coefficient (Wildman–Crippen LogP) is 5.10. The summed E-state index contributed by atoms with van der Waals surface area (Å²) < 4.78 is 0. The first-order valence-corrected chi connectivity index (χ1v) is 9.59. The highest BCUT2D eigenvalue weighted by atomic mass is 35.5. The van der Waals surface area contributed by atoms with Crippen molar-refractivity contribution in [2.24, 2.45) is 0 Å². The molecule has 0 saturated carbocycles. The number of aromatic amines is 1. The Morgan fingerprint density at radius 1 is 1.14 bits per heavy atom. The average molecular weight is 406 g/mol. The third kappa shape index (κ3) is 3.82. The van der Waals surface area contributed by atoms with Crippen molar-refractivity contribution in [3.8, 4) is 5.75 Å². The number of hydrogen-bond donors (Lipinski definition) is 2. The van der Waals surface area contributed by atoms with Gasteiger partial charge < -0.3 is 10.0 Å². The Labute approximate surface area is 173 Å². The molecular formula is C23H20ClN3O2. The number of amides is 1. The Bertz CT molecular complexity index is 1200. The molecule has 3 aromatic carbocycles. The minimum absolute atomic E-state index is 0.0888. The van der Waals surface area contributed by atoms with Crippen LogP contribution in [0.3, 0.4) is 0 Å². The number of hydrogen-bond acceptors (Lipinski definition) is 3. The van der Waals surface area contributed by atoms with Crippen LogP contribution in [0.5, 0.6) is 5.75 Å².